The fourth-order valence-corrected chi connectivity index (χ4v) is 4.92. The Hall–Kier alpha value is -1.00. The first-order valence-electron chi connectivity index (χ1n) is 6.88. The van der Waals surface area contributed by atoms with Crippen LogP contribution in [0.5, 0.6) is 0 Å². The molecule has 1 aliphatic rings. The van der Waals surface area contributed by atoms with Crippen molar-refractivity contribution in [2.24, 2.45) is 5.73 Å². The van der Waals surface area contributed by atoms with Crippen LogP contribution in [0, 0.1) is 11.8 Å². The van der Waals surface area contributed by atoms with Gasteiger partial charge in [-0.05, 0) is 37.7 Å². The molecular weight excluding hydrogens is 304 g/mol. The van der Waals surface area contributed by atoms with Gasteiger partial charge in [0.2, 0.25) is 10.0 Å². The summed E-state index contributed by atoms with van der Waals surface area (Å²) in [7, 11) is -3.55. The lowest BCUT2D eigenvalue weighted by Gasteiger charge is -2.23. The molecule has 3 N–H and O–H groups in total. The number of nitrogens with one attached hydrogen (secondary N) is 1. The number of hydrogen-bond acceptors (Lipinski definition) is 4. The maximum absolute atomic E-state index is 12.5. The van der Waals surface area contributed by atoms with E-state index >= 15 is 0 Å². The summed E-state index contributed by atoms with van der Waals surface area (Å²) in [5.41, 5.74) is 5.84. The zero-order valence-corrected chi connectivity index (χ0v) is 13.7. The van der Waals surface area contributed by atoms with Gasteiger partial charge in [-0.3, -0.25) is 0 Å². The van der Waals surface area contributed by atoms with E-state index in [2.05, 4.69) is 23.5 Å². The molecule has 6 heteroatoms. The first kappa shape index (κ1) is 16.4. The molecule has 0 aliphatic carbocycles. The van der Waals surface area contributed by atoms with E-state index in [1.165, 1.54) is 0 Å². The Bertz CT molecular complexity index is 654. The van der Waals surface area contributed by atoms with E-state index in [-0.39, 0.29) is 16.2 Å². The van der Waals surface area contributed by atoms with Gasteiger partial charge < -0.3 is 5.73 Å². The Balaban J connectivity index is 2.19. The normalized spacial score (nSPS) is 21.8. The van der Waals surface area contributed by atoms with Gasteiger partial charge in [-0.15, -0.1) is 0 Å². The van der Waals surface area contributed by atoms with Crippen molar-refractivity contribution in [1.29, 1.82) is 0 Å². The molecule has 0 aromatic heterocycles. The molecule has 114 valence electrons. The van der Waals surface area contributed by atoms with Crippen molar-refractivity contribution >= 4 is 21.8 Å². The molecule has 21 heavy (non-hydrogen) atoms. The van der Waals surface area contributed by atoms with E-state index < -0.39 is 10.0 Å². The molecule has 1 heterocycles. The van der Waals surface area contributed by atoms with Gasteiger partial charge in [0, 0.05) is 16.9 Å². The van der Waals surface area contributed by atoms with E-state index in [9.17, 15) is 8.42 Å². The summed E-state index contributed by atoms with van der Waals surface area (Å²) >= 11 is 1.83. The number of sulfonamides is 1. The second-order valence-electron chi connectivity index (χ2n) is 5.23. The van der Waals surface area contributed by atoms with Crippen LogP contribution in [0.25, 0.3) is 0 Å². The summed E-state index contributed by atoms with van der Waals surface area (Å²) in [4.78, 5) is 0.220. The lowest BCUT2D eigenvalue weighted by Crippen LogP contribution is -2.37. The van der Waals surface area contributed by atoms with Crippen molar-refractivity contribution in [2.45, 2.75) is 29.4 Å². The molecule has 0 radical (unpaired) electrons. The zero-order valence-electron chi connectivity index (χ0n) is 12.1. The lowest BCUT2D eigenvalue weighted by atomic mass is 10.1. The minimum atomic E-state index is -3.55. The summed E-state index contributed by atoms with van der Waals surface area (Å²) in [5.74, 6) is 6.61. The van der Waals surface area contributed by atoms with Crippen molar-refractivity contribution in [3.8, 4) is 11.8 Å². The van der Waals surface area contributed by atoms with Crippen molar-refractivity contribution in [3.05, 3.63) is 29.8 Å². The highest BCUT2D eigenvalue weighted by atomic mass is 32.2. The van der Waals surface area contributed by atoms with Crippen LogP contribution >= 0.6 is 11.8 Å². The standard InChI is InChI=1S/C15H20N2O2S2/c1-15(9-5-11-20-15)12-17-21(18,19)14-8-3-2-6-13(14)7-4-10-16/h2-3,6,8,17H,5,9-12,16H2,1H3. The van der Waals surface area contributed by atoms with Crippen LogP contribution in [0.1, 0.15) is 25.3 Å². The molecule has 1 atom stereocenters. The second-order valence-corrected chi connectivity index (χ2v) is 8.65. The molecule has 1 saturated heterocycles. The number of hydrogen-bond donors (Lipinski definition) is 2. The second kappa shape index (κ2) is 6.84. The van der Waals surface area contributed by atoms with Crippen molar-refractivity contribution < 1.29 is 8.42 Å². The zero-order chi connectivity index (χ0) is 15.3. The Morgan fingerprint density at radius 3 is 2.86 bits per heavy atom. The SMILES string of the molecule is CC1(CNS(=O)(=O)c2ccccc2C#CCN)CCCS1. The van der Waals surface area contributed by atoms with Crippen molar-refractivity contribution in [2.75, 3.05) is 18.8 Å². The van der Waals surface area contributed by atoms with Gasteiger partial charge in [0.1, 0.15) is 0 Å². The third-order valence-corrected chi connectivity index (χ3v) is 6.44. The molecule has 0 spiro atoms. The van der Waals surface area contributed by atoms with E-state index in [0.29, 0.717) is 12.1 Å². The van der Waals surface area contributed by atoms with Crippen LogP contribution in [0.4, 0.5) is 0 Å². The van der Waals surface area contributed by atoms with Gasteiger partial charge in [0.05, 0.1) is 11.4 Å². The molecule has 0 saturated carbocycles. The topological polar surface area (TPSA) is 72.2 Å². The smallest absolute Gasteiger partial charge is 0.241 e. The van der Waals surface area contributed by atoms with Gasteiger partial charge in [0.25, 0.3) is 0 Å². The lowest BCUT2D eigenvalue weighted by molar-refractivity contribution is 0.552. The first-order chi connectivity index (χ1) is 9.97. The van der Waals surface area contributed by atoms with E-state index in [1.807, 2.05) is 11.8 Å². The molecule has 0 amide bonds. The number of benzene rings is 1. The van der Waals surface area contributed by atoms with Crippen molar-refractivity contribution in [3.63, 3.8) is 0 Å². The van der Waals surface area contributed by atoms with Crippen LogP contribution in [0.15, 0.2) is 29.2 Å². The highest BCUT2D eigenvalue weighted by Gasteiger charge is 2.31. The fourth-order valence-electron chi connectivity index (χ4n) is 2.25. The average molecular weight is 324 g/mol. The Kier molecular flexibility index (Phi) is 5.33. The predicted molar refractivity (Wildman–Crippen MR) is 87.7 cm³/mol. The van der Waals surface area contributed by atoms with Gasteiger partial charge >= 0.3 is 0 Å². The summed E-state index contributed by atoms with van der Waals surface area (Å²) < 4.78 is 27.7. The third kappa shape index (κ3) is 4.24. The Labute approximate surface area is 130 Å². The van der Waals surface area contributed by atoms with E-state index in [4.69, 9.17) is 5.73 Å². The van der Waals surface area contributed by atoms with Gasteiger partial charge in [0.15, 0.2) is 0 Å². The quantitative estimate of drug-likeness (QED) is 0.825. The molecule has 1 aliphatic heterocycles. The van der Waals surface area contributed by atoms with E-state index in [0.717, 1.165) is 18.6 Å². The first-order valence-corrected chi connectivity index (χ1v) is 9.35. The monoisotopic (exact) mass is 324 g/mol. The largest absolute Gasteiger partial charge is 0.320 e. The van der Waals surface area contributed by atoms with Crippen molar-refractivity contribution in [1.82, 2.24) is 4.72 Å². The van der Waals surface area contributed by atoms with Crippen LogP contribution in [0.3, 0.4) is 0 Å². The number of nitrogens with two attached hydrogens (primary N) is 1. The molecule has 1 aromatic rings. The molecule has 4 nitrogen and oxygen atoms in total. The van der Waals surface area contributed by atoms with Gasteiger partial charge in [-0.1, -0.05) is 24.0 Å². The fraction of sp³-hybridized carbons (Fsp3) is 0.467. The molecule has 1 unspecified atom stereocenters. The molecule has 1 fully saturated rings. The average Bonchev–Trinajstić information content (AvgIpc) is 2.91. The molecule has 2 rings (SSSR count). The summed E-state index contributed by atoms with van der Waals surface area (Å²) in [5, 5.41) is 0. The minimum absolute atomic E-state index is 0.00898. The van der Waals surface area contributed by atoms with Gasteiger partial charge in [-0.25, -0.2) is 13.1 Å². The Morgan fingerprint density at radius 2 is 2.19 bits per heavy atom. The van der Waals surface area contributed by atoms with Crippen LogP contribution in [-0.4, -0.2) is 32.0 Å². The summed E-state index contributed by atoms with van der Waals surface area (Å²) in [6, 6.07) is 6.75. The predicted octanol–water partition coefficient (Wildman–Crippen LogP) is 1.56. The highest BCUT2D eigenvalue weighted by molar-refractivity contribution is 8.01. The van der Waals surface area contributed by atoms with Crippen LogP contribution < -0.4 is 10.5 Å². The molecule has 1 aromatic carbocycles. The maximum atomic E-state index is 12.5. The number of rotatable bonds is 4. The molecular formula is C15H20N2O2S2. The number of thioether (sulfide) groups is 1. The maximum Gasteiger partial charge on any atom is 0.241 e. The van der Waals surface area contributed by atoms with E-state index in [1.54, 1.807) is 24.3 Å². The summed E-state index contributed by atoms with van der Waals surface area (Å²) in [6.07, 6.45) is 2.18. The minimum Gasteiger partial charge on any atom is -0.320 e. The molecule has 0 bridgehead atoms. The van der Waals surface area contributed by atoms with Gasteiger partial charge in [-0.2, -0.15) is 11.8 Å². The highest BCUT2D eigenvalue weighted by Crippen LogP contribution is 2.37. The third-order valence-electron chi connectivity index (χ3n) is 3.44. The Morgan fingerprint density at radius 1 is 1.43 bits per heavy atom. The van der Waals surface area contributed by atoms with Crippen LogP contribution in [0.2, 0.25) is 0 Å². The summed E-state index contributed by atoms with van der Waals surface area (Å²) in [6.45, 7) is 2.75. The van der Waals surface area contributed by atoms with Crippen LogP contribution in [-0.2, 0) is 10.0 Å².